The first kappa shape index (κ1) is 9.32. The Morgan fingerprint density at radius 2 is 2.08 bits per heavy atom. The third-order valence-electron chi connectivity index (χ3n) is 1.54. The molecule has 0 saturated carbocycles. The van der Waals surface area contributed by atoms with E-state index in [1.165, 1.54) is 18.2 Å². The molecule has 12 heavy (non-hydrogen) atoms. The van der Waals surface area contributed by atoms with E-state index in [0.29, 0.717) is 6.42 Å². The second-order valence-corrected chi connectivity index (χ2v) is 2.48. The van der Waals surface area contributed by atoms with Crippen LogP contribution in [0.25, 0.3) is 0 Å². The standard InChI is InChI=1S/C8H8F3O/c9-8(10,11)7(12)6-4-2-1-3-5-6/h1-2,4-5,7,12H,3H2. The van der Waals surface area contributed by atoms with Gasteiger partial charge in [-0.25, -0.2) is 0 Å². The Morgan fingerprint density at radius 1 is 1.42 bits per heavy atom. The fraction of sp³-hybridized carbons (Fsp3) is 0.375. The van der Waals surface area contributed by atoms with Crippen molar-refractivity contribution in [1.29, 1.82) is 0 Å². The van der Waals surface area contributed by atoms with Gasteiger partial charge in [-0.3, -0.25) is 0 Å². The monoisotopic (exact) mass is 177 g/mol. The zero-order chi connectivity index (χ0) is 9.19. The van der Waals surface area contributed by atoms with Crippen molar-refractivity contribution in [2.45, 2.75) is 18.7 Å². The van der Waals surface area contributed by atoms with Crippen molar-refractivity contribution in [3.05, 3.63) is 30.2 Å². The highest BCUT2D eigenvalue weighted by Gasteiger charge is 2.39. The summed E-state index contributed by atoms with van der Waals surface area (Å²) >= 11 is 0. The highest BCUT2D eigenvalue weighted by Crippen LogP contribution is 2.27. The molecule has 1 aliphatic carbocycles. The van der Waals surface area contributed by atoms with Crippen molar-refractivity contribution in [2.75, 3.05) is 0 Å². The van der Waals surface area contributed by atoms with Crippen LogP contribution in [-0.4, -0.2) is 17.4 Å². The lowest BCUT2D eigenvalue weighted by atomic mass is 10.0. The SMILES string of the molecule is OC(C1=CC[CH]C=C1)C(F)(F)F. The zero-order valence-electron chi connectivity index (χ0n) is 6.17. The van der Waals surface area contributed by atoms with Crippen LogP contribution in [-0.2, 0) is 0 Å². The van der Waals surface area contributed by atoms with E-state index in [1.807, 2.05) is 0 Å². The zero-order valence-corrected chi connectivity index (χ0v) is 6.17. The number of aliphatic hydroxyl groups excluding tert-OH is 1. The van der Waals surface area contributed by atoms with Gasteiger partial charge in [0.15, 0.2) is 6.10 Å². The van der Waals surface area contributed by atoms with Crippen LogP contribution in [0.2, 0.25) is 0 Å². The number of allylic oxidation sites excluding steroid dienone is 2. The smallest absolute Gasteiger partial charge is 0.379 e. The Balaban J connectivity index is 2.70. The van der Waals surface area contributed by atoms with E-state index in [4.69, 9.17) is 5.11 Å². The van der Waals surface area contributed by atoms with Gasteiger partial charge in [0, 0.05) is 0 Å². The fourth-order valence-electron chi connectivity index (χ4n) is 0.922. The summed E-state index contributed by atoms with van der Waals surface area (Å²) in [6.07, 6.45) is -0.620. The highest BCUT2D eigenvalue weighted by atomic mass is 19.4. The summed E-state index contributed by atoms with van der Waals surface area (Å²) in [4.78, 5) is 0. The average Bonchev–Trinajstić information content (AvgIpc) is 2.03. The molecule has 0 aromatic carbocycles. The topological polar surface area (TPSA) is 20.2 Å². The van der Waals surface area contributed by atoms with Crippen LogP contribution in [0.15, 0.2) is 23.8 Å². The summed E-state index contributed by atoms with van der Waals surface area (Å²) < 4.78 is 35.7. The van der Waals surface area contributed by atoms with Gasteiger partial charge in [-0.1, -0.05) is 18.2 Å². The molecule has 4 heteroatoms. The lowest BCUT2D eigenvalue weighted by molar-refractivity contribution is -0.190. The molecule has 1 atom stereocenters. The summed E-state index contributed by atoms with van der Waals surface area (Å²) in [5.74, 6) is 0. The number of aliphatic hydroxyl groups is 1. The number of rotatable bonds is 1. The molecule has 0 aromatic rings. The van der Waals surface area contributed by atoms with Crippen molar-refractivity contribution in [2.24, 2.45) is 0 Å². The Bertz CT molecular complexity index is 215. The summed E-state index contributed by atoms with van der Waals surface area (Å²) in [5, 5.41) is 8.75. The minimum absolute atomic E-state index is 0.0787. The number of hydrogen-bond acceptors (Lipinski definition) is 1. The van der Waals surface area contributed by atoms with E-state index in [2.05, 4.69) is 0 Å². The normalized spacial score (nSPS) is 20.5. The molecule has 0 fully saturated rings. The Morgan fingerprint density at radius 3 is 2.50 bits per heavy atom. The van der Waals surface area contributed by atoms with E-state index in [9.17, 15) is 13.2 Å². The van der Waals surface area contributed by atoms with Crippen molar-refractivity contribution in [3.8, 4) is 0 Å². The second kappa shape index (κ2) is 3.31. The number of hydrogen-bond donors (Lipinski definition) is 1. The van der Waals surface area contributed by atoms with Crippen LogP contribution in [0, 0.1) is 6.42 Å². The van der Waals surface area contributed by atoms with Crippen molar-refractivity contribution in [1.82, 2.24) is 0 Å². The van der Waals surface area contributed by atoms with Crippen molar-refractivity contribution in [3.63, 3.8) is 0 Å². The van der Waals surface area contributed by atoms with Gasteiger partial charge in [0.1, 0.15) is 0 Å². The molecule has 0 spiro atoms. The van der Waals surface area contributed by atoms with E-state index in [0.717, 1.165) is 0 Å². The summed E-state index contributed by atoms with van der Waals surface area (Å²) in [7, 11) is 0. The van der Waals surface area contributed by atoms with Gasteiger partial charge in [-0.2, -0.15) is 13.2 Å². The van der Waals surface area contributed by atoms with E-state index in [-0.39, 0.29) is 5.57 Å². The molecule has 0 amide bonds. The number of halogens is 3. The van der Waals surface area contributed by atoms with Gasteiger partial charge in [0.05, 0.1) is 0 Å². The van der Waals surface area contributed by atoms with Crippen molar-refractivity contribution < 1.29 is 18.3 Å². The quantitative estimate of drug-likeness (QED) is 0.649. The third-order valence-corrected chi connectivity index (χ3v) is 1.54. The lowest BCUT2D eigenvalue weighted by Gasteiger charge is -2.17. The maximum absolute atomic E-state index is 11.9. The van der Waals surface area contributed by atoms with Crippen LogP contribution in [0.1, 0.15) is 6.42 Å². The molecule has 1 unspecified atom stereocenters. The molecular weight excluding hydrogens is 169 g/mol. The predicted molar refractivity (Wildman–Crippen MR) is 38.2 cm³/mol. The molecule has 0 aliphatic heterocycles. The van der Waals surface area contributed by atoms with Gasteiger partial charge < -0.3 is 5.11 Å². The van der Waals surface area contributed by atoms with E-state index >= 15 is 0 Å². The Labute approximate surface area is 68.2 Å². The molecular formula is C8H8F3O. The molecule has 1 aliphatic rings. The Hall–Kier alpha value is -0.770. The van der Waals surface area contributed by atoms with Gasteiger partial charge in [-0.05, 0) is 18.4 Å². The predicted octanol–water partition coefficient (Wildman–Crippen LogP) is 2.00. The Kier molecular flexibility index (Phi) is 2.57. The first-order chi connectivity index (χ1) is 5.52. The fourth-order valence-corrected chi connectivity index (χ4v) is 0.922. The molecule has 0 bridgehead atoms. The van der Waals surface area contributed by atoms with Gasteiger partial charge in [0.25, 0.3) is 0 Å². The summed E-state index contributed by atoms with van der Waals surface area (Å²) in [5.41, 5.74) is -0.0787. The average molecular weight is 177 g/mol. The second-order valence-electron chi connectivity index (χ2n) is 2.48. The van der Waals surface area contributed by atoms with Gasteiger partial charge >= 0.3 is 6.18 Å². The minimum Gasteiger partial charge on any atom is -0.379 e. The highest BCUT2D eigenvalue weighted by molar-refractivity contribution is 5.30. The first-order valence-corrected chi connectivity index (χ1v) is 3.46. The minimum atomic E-state index is -4.56. The summed E-state index contributed by atoms with van der Waals surface area (Å²) in [6, 6.07) is 0. The molecule has 0 saturated heterocycles. The van der Waals surface area contributed by atoms with Crippen LogP contribution < -0.4 is 0 Å². The largest absolute Gasteiger partial charge is 0.418 e. The molecule has 1 nitrogen and oxygen atoms in total. The molecule has 1 radical (unpaired) electrons. The molecule has 1 N–H and O–H groups in total. The van der Waals surface area contributed by atoms with Crippen LogP contribution >= 0.6 is 0 Å². The van der Waals surface area contributed by atoms with Gasteiger partial charge in [-0.15, -0.1) is 0 Å². The number of alkyl halides is 3. The lowest BCUT2D eigenvalue weighted by Crippen LogP contribution is -2.30. The van der Waals surface area contributed by atoms with Gasteiger partial charge in [0.2, 0.25) is 0 Å². The first-order valence-electron chi connectivity index (χ1n) is 3.46. The molecule has 0 aromatic heterocycles. The van der Waals surface area contributed by atoms with Crippen LogP contribution in [0.4, 0.5) is 13.2 Å². The maximum atomic E-state index is 11.9. The van der Waals surface area contributed by atoms with E-state index < -0.39 is 12.3 Å². The molecule has 67 valence electrons. The van der Waals surface area contributed by atoms with Crippen LogP contribution in [0.3, 0.4) is 0 Å². The molecule has 0 heterocycles. The van der Waals surface area contributed by atoms with Crippen LogP contribution in [0.5, 0.6) is 0 Å². The van der Waals surface area contributed by atoms with Crippen molar-refractivity contribution >= 4 is 0 Å². The third kappa shape index (κ3) is 2.11. The molecule has 1 rings (SSSR count). The van der Waals surface area contributed by atoms with E-state index in [1.54, 1.807) is 6.42 Å². The summed E-state index contributed by atoms with van der Waals surface area (Å²) in [6.45, 7) is 0. The maximum Gasteiger partial charge on any atom is 0.418 e.